The molecule has 46 heavy (non-hydrogen) atoms. The first-order valence-corrected chi connectivity index (χ1v) is 16.1. The highest BCUT2D eigenvalue weighted by Gasteiger charge is 2.16. The number of aromatic nitrogens is 2. The first-order chi connectivity index (χ1) is 22.5. The maximum absolute atomic E-state index is 10.9. The minimum absolute atomic E-state index is 0.207. The Bertz CT molecular complexity index is 2120. The molecule has 0 aliphatic carbocycles. The molecule has 0 aliphatic heterocycles. The van der Waals surface area contributed by atoms with Gasteiger partial charge in [0.15, 0.2) is 0 Å². The molecule has 0 bridgehead atoms. The van der Waals surface area contributed by atoms with Crippen LogP contribution in [0.25, 0.3) is 55.9 Å². The highest BCUT2D eigenvalue weighted by molar-refractivity contribution is 7.99. The maximum Gasteiger partial charge on any atom is 0.124 e. The van der Waals surface area contributed by atoms with Crippen molar-refractivity contribution in [3.63, 3.8) is 0 Å². The van der Waals surface area contributed by atoms with Crippen molar-refractivity contribution in [3.05, 3.63) is 163 Å². The summed E-state index contributed by atoms with van der Waals surface area (Å²) in [5.74, 6) is 0.207. The molecule has 3 nitrogen and oxygen atoms in total. The van der Waals surface area contributed by atoms with Crippen LogP contribution in [-0.4, -0.2) is 15.1 Å². The summed E-state index contributed by atoms with van der Waals surface area (Å²) in [6.45, 7) is 4.28. The molecule has 0 spiro atoms. The van der Waals surface area contributed by atoms with Crippen molar-refractivity contribution in [2.45, 2.75) is 23.8 Å². The number of hydrogen-bond acceptors (Lipinski definition) is 4. The molecule has 0 atom stereocenters. The van der Waals surface area contributed by atoms with E-state index in [1.54, 1.807) is 17.8 Å². The van der Waals surface area contributed by atoms with Crippen LogP contribution in [0.5, 0.6) is 5.75 Å². The lowest BCUT2D eigenvalue weighted by Gasteiger charge is -2.16. The quantitative estimate of drug-likeness (QED) is 0.194. The summed E-state index contributed by atoms with van der Waals surface area (Å²) in [7, 11) is 0. The topological polar surface area (TPSA) is 46.0 Å². The van der Waals surface area contributed by atoms with Gasteiger partial charge in [-0.1, -0.05) is 103 Å². The van der Waals surface area contributed by atoms with E-state index in [4.69, 9.17) is 4.98 Å². The van der Waals surface area contributed by atoms with Crippen LogP contribution in [0.2, 0.25) is 0 Å². The van der Waals surface area contributed by atoms with Gasteiger partial charge in [-0.3, -0.25) is 0 Å². The summed E-state index contributed by atoms with van der Waals surface area (Å²) >= 11 is 1.63. The van der Waals surface area contributed by atoms with Crippen LogP contribution in [0.3, 0.4) is 0 Å². The zero-order chi connectivity index (χ0) is 31.5. The second-order valence-corrected chi connectivity index (χ2v) is 12.5. The lowest BCUT2D eigenvalue weighted by molar-refractivity contribution is 0.477. The number of benzene rings is 5. The highest BCUT2D eigenvalue weighted by Crippen LogP contribution is 2.39. The van der Waals surface area contributed by atoms with Gasteiger partial charge in [0.2, 0.25) is 0 Å². The summed E-state index contributed by atoms with van der Waals surface area (Å²) in [4.78, 5) is 10.8. The molecule has 0 fully saturated rings. The smallest absolute Gasteiger partial charge is 0.124 e. The van der Waals surface area contributed by atoms with Gasteiger partial charge < -0.3 is 5.11 Å². The average Bonchev–Trinajstić information content (AvgIpc) is 3.09. The van der Waals surface area contributed by atoms with Gasteiger partial charge in [0.1, 0.15) is 10.8 Å². The van der Waals surface area contributed by atoms with Crippen molar-refractivity contribution in [2.75, 3.05) is 0 Å². The third-order valence-corrected chi connectivity index (χ3v) is 9.09. The van der Waals surface area contributed by atoms with Gasteiger partial charge in [-0.2, -0.15) is 0 Å². The standard InChI is InChI=1S/C42H32N2OS/c1-28-11-10-12-29(2)42(28)35-26-38(44-39(27-35)37-15-6-7-16-40(37)45)34-23-33(24-36(25-34)46-41-17-8-9-22-43-41)32-20-18-31(19-21-32)30-13-4-3-5-14-30/h3-27,45H,1-2H3. The van der Waals surface area contributed by atoms with E-state index < -0.39 is 0 Å². The van der Waals surface area contributed by atoms with E-state index in [1.165, 1.54) is 27.8 Å². The van der Waals surface area contributed by atoms with Crippen molar-refractivity contribution in [3.8, 4) is 61.6 Å². The first-order valence-electron chi connectivity index (χ1n) is 15.3. The number of pyridine rings is 2. The number of hydrogen-bond donors (Lipinski definition) is 1. The van der Waals surface area contributed by atoms with Gasteiger partial charge in [-0.15, -0.1) is 0 Å². The monoisotopic (exact) mass is 612 g/mol. The van der Waals surface area contributed by atoms with Gasteiger partial charge in [0.25, 0.3) is 0 Å². The molecule has 0 radical (unpaired) electrons. The summed E-state index contributed by atoms with van der Waals surface area (Å²) in [5, 5.41) is 11.8. The summed E-state index contributed by atoms with van der Waals surface area (Å²) in [5.41, 5.74) is 12.5. The zero-order valence-electron chi connectivity index (χ0n) is 25.7. The molecule has 4 heteroatoms. The van der Waals surface area contributed by atoms with Crippen molar-refractivity contribution in [2.24, 2.45) is 0 Å². The molecular formula is C42H32N2OS. The highest BCUT2D eigenvalue weighted by atomic mass is 32.2. The van der Waals surface area contributed by atoms with Crippen molar-refractivity contribution >= 4 is 11.8 Å². The van der Waals surface area contributed by atoms with E-state index in [9.17, 15) is 5.11 Å². The van der Waals surface area contributed by atoms with Crippen LogP contribution >= 0.6 is 11.8 Å². The molecule has 0 amide bonds. The van der Waals surface area contributed by atoms with E-state index >= 15 is 0 Å². The fraction of sp³-hybridized carbons (Fsp3) is 0.0476. The van der Waals surface area contributed by atoms with Crippen LogP contribution in [0, 0.1) is 13.8 Å². The van der Waals surface area contributed by atoms with E-state index in [-0.39, 0.29) is 5.75 Å². The van der Waals surface area contributed by atoms with Crippen molar-refractivity contribution in [1.29, 1.82) is 0 Å². The Kier molecular flexibility index (Phi) is 8.20. The minimum atomic E-state index is 0.207. The van der Waals surface area contributed by atoms with Crippen LogP contribution in [0.4, 0.5) is 0 Å². The van der Waals surface area contributed by atoms with Gasteiger partial charge >= 0.3 is 0 Å². The second kappa shape index (κ2) is 12.9. The second-order valence-electron chi connectivity index (χ2n) is 11.4. The fourth-order valence-electron chi connectivity index (χ4n) is 5.91. The zero-order valence-corrected chi connectivity index (χ0v) is 26.5. The third-order valence-electron chi connectivity index (χ3n) is 8.16. The molecule has 2 aromatic heterocycles. The molecule has 2 heterocycles. The fourth-order valence-corrected chi connectivity index (χ4v) is 6.78. The number of phenols is 1. The number of aryl methyl sites for hydroxylation is 2. The van der Waals surface area contributed by atoms with Gasteiger partial charge in [-0.25, -0.2) is 9.97 Å². The Labute approximate surface area is 274 Å². The minimum Gasteiger partial charge on any atom is -0.507 e. The molecule has 0 saturated carbocycles. The lowest BCUT2D eigenvalue weighted by atomic mass is 9.93. The number of phenolic OH excluding ortho intramolecular Hbond substituents is 1. The average molecular weight is 613 g/mol. The Balaban J connectivity index is 1.41. The first kappa shape index (κ1) is 29.3. The molecule has 5 aromatic carbocycles. The molecule has 7 rings (SSSR count). The van der Waals surface area contributed by atoms with Gasteiger partial charge in [0.05, 0.1) is 11.4 Å². The molecule has 7 aromatic rings. The van der Waals surface area contributed by atoms with Crippen LogP contribution in [-0.2, 0) is 0 Å². The molecule has 0 saturated heterocycles. The molecule has 0 aliphatic rings. The summed E-state index contributed by atoms with van der Waals surface area (Å²) in [6, 6.07) is 49.8. The van der Waals surface area contributed by atoms with E-state index in [1.807, 2.05) is 48.7 Å². The van der Waals surface area contributed by atoms with E-state index in [2.05, 4.69) is 116 Å². The normalized spacial score (nSPS) is 11.0. The van der Waals surface area contributed by atoms with Crippen LogP contribution in [0.1, 0.15) is 11.1 Å². The van der Waals surface area contributed by atoms with Gasteiger partial charge in [-0.05, 0) is 113 Å². The number of nitrogens with zero attached hydrogens (tertiary/aromatic N) is 2. The predicted octanol–water partition coefficient (Wildman–Crippen LogP) is 11.3. The van der Waals surface area contributed by atoms with E-state index in [0.717, 1.165) is 43.6 Å². The molecule has 222 valence electrons. The SMILES string of the molecule is Cc1cccc(C)c1-c1cc(-c2cc(Sc3ccccn3)cc(-c3ccc(-c4ccccc4)cc3)c2)nc(-c2ccccc2O)c1. The third kappa shape index (κ3) is 6.21. The summed E-state index contributed by atoms with van der Waals surface area (Å²) in [6.07, 6.45) is 1.82. The summed E-state index contributed by atoms with van der Waals surface area (Å²) < 4.78 is 0. The predicted molar refractivity (Wildman–Crippen MR) is 191 cm³/mol. The van der Waals surface area contributed by atoms with Gasteiger partial charge in [0, 0.05) is 22.2 Å². The molecule has 1 N–H and O–H groups in total. The Hall–Kier alpha value is -5.45. The molecule has 0 unspecified atom stereocenters. The van der Waals surface area contributed by atoms with Crippen LogP contribution < -0.4 is 0 Å². The van der Waals surface area contributed by atoms with E-state index in [0.29, 0.717) is 5.56 Å². The number of aromatic hydroxyl groups is 1. The maximum atomic E-state index is 10.9. The lowest BCUT2D eigenvalue weighted by Crippen LogP contribution is -1.95. The van der Waals surface area contributed by atoms with Crippen molar-refractivity contribution in [1.82, 2.24) is 9.97 Å². The van der Waals surface area contributed by atoms with Crippen molar-refractivity contribution < 1.29 is 5.11 Å². The van der Waals surface area contributed by atoms with Crippen LogP contribution in [0.15, 0.2) is 162 Å². The Morgan fingerprint density at radius 2 is 1.13 bits per heavy atom. The largest absolute Gasteiger partial charge is 0.507 e. The Morgan fingerprint density at radius 3 is 1.85 bits per heavy atom. The number of para-hydroxylation sites is 1. The molecular weight excluding hydrogens is 581 g/mol. The Morgan fingerprint density at radius 1 is 0.500 bits per heavy atom. The number of rotatable bonds is 7.